The van der Waals surface area contributed by atoms with Crippen molar-refractivity contribution >= 4 is 17.5 Å². The Kier molecular flexibility index (Phi) is 6.44. The number of benzene rings is 1. The van der Waals surface area contributed by atoms with Crippen LogP contribution in [0.15, 0.2) is 36.9 Å². The fourth-order valence-corrected chi connectivity index (χ4v) is 3.20. The first-order valence-corrected chi connectivity index (χ1v) is 8.73. The van der Waals surface area contributed by atoms with E-state index in [1.807, 2.05) is 6.92 Å². The molecule has 0 radical (unpaired) electrons. The molecule has 0 aliphatic heterocycles. The number of amides is 1. The van der Waals surface area contributed by atoms with Gasteiger partial charge in [0.05, 0.1) is 24.2 Å². The first kappa shape index (κ1) is 19.0. The molecule has 1 aromatic carbocycles. The summed E-state index contributed by atoms with van der Waals surface area (Å²) < 4.78 is 0. The van der Waals surface area contributed by atoms with Gasteiger partial charge in [-0.05, 0) is 49.3 Å². The van der Waals surface area contributed by atoms with Gasteiger partial charge in [0.15, 0.2) is 0 Å². The first-order chi connectivity index (χ1) is 11.4. The average molecular weight is 352 g/mol. The van der Waals surface area contributed by atoms with E-state index in [-0.39, 0.29) is 25.0 Å². The van der Waals surface area contributed by atoms with Crippen LogP contribution in [0.4, 0.5) is 0 Å². The van der Waals surface area contributed by atoms with Gasteiger partial charge in [-0.15, -0.1) is 6.58 Å². The van der Waals surface area contributed by atoms with Crippen molar-refractivity contribution in [1.29, 1.82) is 0 Å². The minimum atomic E-state index is -0.800. The Morgan fingerprint density at radius 1 is 1.54 bits per heavy atom. The summed E-state index contributed by atoms with van der Waals surface area (Å²) in [5, 5.41) is 23.5. The lowest BCUT2D eigenvalue weighted by Crippen LogP contribution is -2.47. The molecule has 1 aliphatic rings. The summed E-state index contributed by atoms with van der Waals surface area (Å²) in [5.41, 5.74) is -0.113. The smallest absolute Gasteiger partial charge is 0.226 e. The van der Waals surface area contributed by atoms with E-state index in [0.29, 0.717) is 22.9 Å². The Bertz CT molecular complexity index is 588. The van der Waals surface area contributed by atoms with E-state index < -0.39 is 11.5 Å². The second-order valence-corrected chi connectivity index (χ2v) is 7.36. The maximum Gasteiger partial charge on any atom is 0.226 e. The van der Waals surface area contributed by atoms with Crippen molar-refractivity contribution in [3.05, 3.63) is 47.5 Å². The normalized spacial score (nSPS) is 19.2. The molecule has 0 heterocycles. The van der Waals surface area contributed by atoms with Crippen LogP contribution in [-0.4, -0.2) is 28.8 Å². The monoisotopic (exact) mass is 351 g/mol. The third-order valence-electron chi connectivity index (χ3n) is 4.72. The first-order valence-electron chi connectivity index (χ1n) is 8.36. The van der Waals surface area contributed by atoms with Gasteiger partial charge in [-0.2, -0.15) is 0 Å². The molecule has 0 saturated heterocycles. The Morgan fingerprint density at radius 3 is 2.79 bits per heavy atom. The molecule has 24 heavy (non-hydrogen) atoms. The number of carbonyl (C=O) groups excluding carboxylic acids is 1. The van der Waals surface area contributed by atoms with E-state index in [9.17, 15) is 15.0 Å². The van der Waals surface area contributed by atoms with Crippen molar-refractivity contribution in [3.63, 3.8) is 0 Å². The molecule has 1 unspecified atom stereocenters. The zero-order valence-electron chi connectivity index (χ0n) is 14.0. The molecule has 3 atom stereocenters. The second kappa shape index (κ2) is 8.15. The Labute approximate surface area is 148 Å². The molecule has 2 rings (SSSR count). The number of aliphatic hydroxyl groups is 2. The molecule has 132 valence electrons. The summed E-state index contributed by atoms with van der Waals surface area (Å²) in [6, 6.07) is 6.82. The van der Waals surface area contributed by atoms with E-state index >= 15 is 0 Å². The topological polar surface area (TPSA) is 69.6 Å². The molecular weight excluding hydrogens is 326 g/mol. The van der Waals surface area contributed by atoms with Gasteiger partial charge in [-0.25, -0.2) is 0 Å². The van der Waals surface area contributed by atoms with Gasteiger partial charge in [-0.1, -0.05) is 36.7 Å². The Balaban J connectivity index is 2.10. The molecule has 1 saturated carbocycles. The summed E-state index contributed by atoms with van der Waals surface area (Å²) in [4.78, 5) is 12.8. The van der Waals surface area contributed by atoms with Gasteiger partial charge in [0.2, 0.25) is 5.91 Å². The Morgan fingerprint density at radius 2 is 2.25 bits per heavy atom. The molecular formula is C19H26ClNO3. The second-order valence-electron chi connectivity index (χ2n) is 6.93. The summed E-state index contributed by atoms with van der Waals surface area (Å²) in [7, 11) is 0. The van der Waals surface area contributed by atoms with Crippen molar-refractivity contribution in [2.75, 3.05) is 6.61 Å². The highest BCUT2D eigenvalue weighted by molar-refractivity contribution is 6.30. The van der Waals surface area contributed by atoms with Crippen molar-refractivity contribution in [2.45, 2.75) is 44.8 Å². The quantitative estimate of drug-likeness (QED) is 0.598. The standard InChI is InChI=1S/C19H26ClNO3/c1-3-9-19(2,18(24)21-16(12-22)13-7-8-13)11-17(23)14-5-4-6-15(20)10-14/h3-6,10,13,16-17,22-23H,1,7-9,11-12H2,2H3,(H,21,24)/t16?,17-,19+/m1/s1. The van der Waals surface area contributed by atoms with E-state index in [4.69, 9.17) is 11.6 Å². The van der Waals surface area contributed by atoms with Gasteiger partial charge >= 0.3 is 0 Å². The van der Waals surface area contributed by atoms with Crippen LogP contribution in [0.1, 0.15) is 44.3 Å². The minimum absolute atomic E-state index is 0.0581. The van der Waals surface area contributed by atoms with Crippen LogP contribution in [0, 0.1) is 11.3 Å². The third kappa shape index (κ3) is 4.82. The molecule has 0 spiro atoms. The van der Waals surface area contributed by atoms with Gasteiger partial charge < -0.3 is 15.5 Å². The predicted molar refractivity (Wildman–Crippen MR) is 95.7 cm³/mol. The highest BCUT2D eigenvalue weighted by atomic mass is 35.5. The third-order valence-corrected chi connectivity index (χ3v) is 4.96. The van der Waals surface area contributed by atoms with E-state index in [1.54, 1.807) is 30.3 Å². The maximum absolute atomic E-state index is 12.8. The molecule has 0 bridgehead atoms. The average Bonchev–Trinajstić information content (AvgIpc) is 3.37. The summed E-state index contributed by atoms with van der Waals surface area (Å²) in [6.07, 6.45) is 3.67. The molecule has 1 aromatic rings. The molecule has 1 aliphatic carbocycles. The number of aliphatic hydroxyl groups excluding tert-OH is 2. The minimum Gasteiger partial charge on any atom is -0.394 e. The molecule has 1 amide bonds. The summed E-state index contributed by atoms with van der Waals surface area (Å²) in [6.45, 7) is 5.50. The van der Waals surface area contributed by atoms with E-state index in [2.05, 4.69) is 11.9 Å². The van der Waals surface area contributed by atoms with E-state index in [1.165, 1.54) is 0 Å². The fraction of sp³-hybridized carbons (Fsp3) is 0.526. The SMILES string of the molecule is C=CC[C@@](C)(C[C@@H](O)c1cccc(Cl)c1)C(=O)NC(CO)C1CC1. The number of carbonyl (C=O) groups is 1. The van der Waals surface area contributed by atoms with Crippen LogP contribution in [0.5, 0.6) is 0 Å². The van der Waals surface area contributed by atoms with Crippen molar-refractivity contribution in [1.82, 2.24) is 5.32 Å². The van der Waals surface area contributed by atoms with Crippen LogP contribution in [-0.2, 0) is 4.79 Å². The number of hydrogen-bond donors (Lipinski definition) is 3. The van der Waals surface area contributed by atoms with Gasteiger partial charge in [0.25, 0.3) is 0 Å². The van der Waals surface area contributed by atoms with Crippen LogP contribution in [0.3, 0.4) is 0 Å². The highest BCUT2D eigenvalue weighted by Gasteiger charge is 2.39. The number of allylic oxidation sites excluding steroid dienone is 1. The van der Waals surface area contributed by atoms with Crippen molar-refractivity contribution in [3.8, 4) is 0 Å². The van der Waals surface area contributed by atoms with E-state index in [0.717, 1.165) is 12.8 Å². The summed E-state index contributed by atoms with van der Waals surface area (Å²) >= 11 is 5.98. The zero-order chi connectivity index (χ0) is 17.7. The molecule has 3 N–H and O–H groups in total. The van der Waals surface area contributed by atoms with Crippen molar-refractivity contribution < 1.29 is 15.0 Å². The number of rotatable bonds is 9. The lowest BCUT2D eigenvalue weighted by molar-refractivity contribution is -0.133. The van der Waals surface area contributed by atoms with Crippen LogP contribution < -0.4 is 5.32 Å². The van der Waals surface area contributed by atoms with Crippen LogP contribution in [0.2, 0.25) is 5.02 Å². The van der Waals surface area contributed by atoms with Gasteiger partial charge in [-0.3, -0.25) is 4.79 Å². The highest BCUT2D eigenvalue weighted by Crippen LogP contribution is 2.37. The maximum atomic E-state index is 12.8. The van der Waals surface area contributed by atoms with Gasteiger partial charge in [0.1, 0.15) is 0 Å². The largest absolute Gasteiger partial charge is 0.394 e. The Hall–Kier alpha value is -1.36. The van der Waals surface area contributed by atoms with Crippen LogP contribution >= 0.6 is 11.6 Å². The predicted octanol–water partition coefficient (Wildman–Crippen LogP) is 3.23. The number of halogens is 1. The lowest BCUT2D eigenvalue weighted by Gasteiger charge is -2.31. The molecule has 1 fully saturated rings. The summed E-state index contributed by atoms with van der Waals surface area (Å²) in [5.74, 6) is 0.208. The van der Waals surface area contributed by atoms with Gasteiger partial charge in [0, 0.05) is 5.02 Å². The lowest BCUT2D eigenvalue weighted by atomic mass is 9.78. The molecule has 4 nitrogen and oxygen atoms in total. The number of nitrogens with one attached hydrogen (secondary N) is 1. The zero-order valence-corrected chi connectivity index (χ0v) is 14.8. The fourth-order valence-electron chi connectivity index (χ4n) is 3.00. The van der Waals surface area contributed by atoms with Crippen molar-refractivity contribution in [2.24, 2.45) is 11.3 Å². The van der Waals surface area contributed by atoms with Crippen LogP contribution in [0.25, 0.3) is 0 Å². The number of hydrogen-bond acceptors (Lipinski definition) is 3. The molecule has 5 heteroatoms. The molecule has 0 aromatic heterocycles.